The van der Waals surface area contributed by atoms with Crippen molar-refractivity contribution in [3.8, 4) is 0 Å². The molecule has 10 nitrogen and oxygen atoms in total. The molecule has 0 fully saturated rings. The molecule has 0 aliphatic rings. The summed E-state index contributed by atoms with van der Waals surface area (Å²) in [6.07, 6.45) is 16.1. The Hall–Kier alpha value is -0.850. The molecule has 0 aliphatic heterocycles. The van der Waals surface area contributed by atoms with Gasteiger partial charge in [0.1, 0.15) is 6.61 Å². The van der Waals surface area contributed by atoms with Crippen molar-refractivity contribution in [3.63, 3.8) is 0 Å². The Bertz CT molecular complexity index is 524. The van der Waals surface area contributed by atoms with Gasteiger partial charge in [-0.15, -0.1) is 0 Å². The van der Waals surface area contributed by atoms with Gasteiger partial charge in [-0.25, -0.2) is 0 Å². The van der Waals surface area contributed by atoms with Gasteiger partial charge in [0.2, 0.25) is 0 Å². The molecule has 0 aromatic carbocycles. The number of ether oxygens (including phenoxy) is 9. The third-order valence-electron chi connectivity index (χ3n) is 6.44. The molecule has 0 saturated heterocycles. The van der Waals surface area contributed by atoms with E-state index in [4.69, 9.17) is 42.6 Å². The van der Waals surface area contributed by atoms with E-state index in [0.29, 0.717) is 106 Å². The van der Waals surface area contributed by atoms with E-state index in [2.05, 4.69) is 6.92 Å². The second-order valence-corrected chi connectivity index (χ2v) is 10.4. The van der Waals surface area contributed by atoms with Gasteiger partial charge in [0.15, 0.2) is 0 Å². The lowest BCUT2D eigenvalue weighted by molar-refractivity contribution is -0.145. The molecule has 0 spiro atoms. The van der Waals surface area contributed by atoms with Gasteiger partial charge < -0.3 is 42.6 Å². The van der Waals surface area contributed by atoms with Gasteiger partial charge in [0.05, 0.1) is 99.1 Å². The Labute approximate surface area is 263 Å². The number of unbranched alkanes of at least 4 members (excludes halogenated alkanes) is 10. The predicted molar refractivity (Wildman–Crippen MR) is 169 cm³/mol. The maximum Gasteiger partial charge on any atom is 0.305 e. The smallest absolute Gasteiger partial charge is 0.305 e. The second kappa shape index (κ2) is 39.2. The van der Waals surface area contributed by atoms with Crippen molar-refractivity contribution in [3.05, 3.63) is 0 Å². The zero-order valence-electron chi connectivity index (χ0n) is 27.8. The number of carbonyl (C=O) groups excluding carboxylic acids is 1. The van der Waals surface area contributed by atoms with Crippen LogP contribution in [0.15, 0.2) is 0 Å². The largest absolute Gasteiger partial charge is 0.463 e. The average Bonchev–Trinajstić information content (AvgIpc) is 3.01. The normalized spacial score (nSPS) is 11.4. The predicted octanol–water partition coefficient (Wildman–Crippen LogP) is 5.77. The molecule has 0 aliphatic carbocycles. The summed E-state index contributed by atoms with van der Waals surface area (Å²) in [6.45, 7) is 13.2. The summed E-state index contributed by atoms with van der Waals surface area (Å²) in [6, 6.07) is 0. The van der Waals surface area contributed by atoms with Crippen LogP contribution in [0.2, 0.25) is 0 Å². The van der Waals surface area contributed by atoms with Crippen molar-refractivity contribution in [1.29, 1.82) is 0 Å². The average molecular weight is 623 g/mol. The minimum Gasteiger partial charge on any atom is -0.463 e. The van der Waals surface area contributed by atoms with E-state index < -0.39 is 0 Å². The first-order valence-electron chi connectivity index (χ1n) is 17.1. The molecule has 0 unspecified atom stereocenters. The highest BCUT2D eigenvalue weighted by Gasteiger charge is 2.00. The Morgan fingerprint density at radius 2 is 0.605 bits per heavy atom. The zero-order chi connectivity index (χ0) is 31.2. The quantitative estimate of drug-likeness (QED) is 0.0623. The Kier molecular flexibility index (Phi) is 38.4. The monoisotopic (exact) mass is 622 g/mol. The molecule has 0 radical (unpaired) electrons. The first-order valence-corrected chi connectivity index (χ1v) is 17.1. The molecule has 0 rings (SSSR count). The highest BCUT2D eigenvalue weighted by atomic mass is 16.6. The first kappa shape index (κ1) is 42.1. The van der Waals surface area contributed by atoms with Crippen LogP contribution in [-0.2, 0) is 47.4 Å². The molecule has 0 saturated carbocycles. The van der Waals surface area contributed by atoms with Crippen LogP contribution < -0.4 is 0 Å². The van der Waals surface area contributed by atoms with Crippen molar-refractivity contribution in [2.24, 2.45) is 0 Å². The van der Waals surface area contributed by atoms with Crippen molar-refractivity contribution >= 4 is 5.97 Å². The van der Waals surface area contributed by atoms with Gasteiger partial charge in [-0.1, -0.05) is 78.1 Å². The Morgan fingerprint density at radius 3 is 0.930 bits per heavy atom. The summed E-state index contributed by atoms with van der Waals surface area (Å²) >= 11 is 0. The molecule has 0 bridgehead atoms. The maximum absolute atomic E-state index is 11.2. The molecule has 258 valence electrons. The van der Waals surface area contributed by atoms with E-state index in [9.17, 15) is 4.79 Å². The van der Waals surface area contributed by atoms with Crippen LogP contribution >= 0.6 is 0 Å². The zero-order valence-corrected chi connectivity index (χ0v) is 27.8. The van der Waals surface area contributed by atoms with Crippen LogP contribution in [0.3, 0.4) is 0 Å². The lowest BCUT2D eigenvalue weighted by atomic mass is 10.1. The van der Waals surface area contributed by atoms with Gasteiger partial charge in [-0.2, -0.15) is 0 Å². The third-order valence-corrected chi connectivity index (χ3v) is 6.44. The van der Waals surface area contributed by atoms with E-state index in [-0.39, 0.29) is 12.6 Å². The van der Waals surface area contributed by atoms with Crippen molar-refractivity contribution in [2.75, 3.05) is 112 Å². The molecule has 0 atom stereocenters. The summed E-state index contributed by atoms with van der Waals surface area (Å²) in [5.74, 6) is -0.181. The summed E-state index contributed by atoms with van der Waals surface area (Å²) in [7, 11) is 0. The van der Waals surface area contributed by atoms with Crippen LogP contribution in [0.1, 0.15) is 97.3 Å². The third kappa shape index (κ3) is 39.1. The van der Waals surface area contributed by atoms with E-state index >= 15 is 0 Å². The van der Waals surface area contributed by atoms with Gasteiger partial charge >= 0.3 is 5.97 Å². The number of hydrogen-bond donors (Lipinski definition) is 0. The van der Waals surface area contributed by atoms with Crippen LogP contribution in [0.4, 0.5) is 0 Å². The Balaban J connectivity index is 3.05. The summed E-state index contributed by atoms with van der Waals surface area (Å²) in [5, 5.41) is 0. The molecule has 0 aromatic heterocycles. The summed E-state index contributed by atoms with van der Waals surface area (Å²) in [4.78, 5) is 11.2. The number of hydrogen-bond acceptors (Lipinski definition) is 10. The number of carbonyl (C=O) groups is 1. The van der Waals surface area contributed by atoms with E-state index in [1.165, 1.54) is 64.2 Å². The van der Waals surface area contributed by atoms with E-state index in [0.717, 1.165) is 19.4 Å². The van der Waals surface area contributed by atoms with Crippen LogP contribution in [0.5, 0.6) is 0 Å². The minimum atomic E-state index is -0.181. The lowest BCUT2D eigenvalue weighted by Gasteiger charge is -2.09. The van der Waals surface area contributed by atoms with Gasteiger partial charge in [0, 0.05) is 13.0 Å². The van der Waals surface area contributed by atoms with E-state index in [1.807, 2.05) is 6.92 Å². The highest BCUT2D eigenvalue weighted by Crippen LogP contribution is 2.11. The van der Waals surface area contributed by atoms with Crippen LogP contribution in [-0.4, -0.2) is 118 Å². The molecule has 43 heavy (non-hydrogen) atoms. The Morgan fingerprint density at radius 1 is 0.326 bits per heavy atom. The molecule has 0 amide bonds. The molecular weight excluding hydrogens is 556 g/mol. The topological polar surface area (TPSA) is 100 Å². The standard InChI is InChI=1S/C33H66O10/c1-3-5-6-7-8-9-10-11-12-13-14-16-35-17-18-36-19-20-37-21-22-38-23-24-39-25-26-40-27-28-41-29-30-42-31-32-43-33(34)15-4-2/h3-32H2,1-2H3. The summed E-state index contributed by atoms with van der Waals surface area (Å²) < 4.78 is 48.9. The van der Waals surface area contributed by atoms with Gasteiger partial charge in [0.25, 0.3) is 0 Å². The fourth-order valence-corrected chi connectivity index (χ4v) is 4.00. The van der Waals surface area contributed by atoms with Crippen molar-refractivity contribution < 1.29 is 47.4 Å². The molecule has 0 heterocycles. The lowest BCUT2D eigenvalue weighted by Crippen LogP contribution is -2.15. The number of esters is 1. The number of rotatable bonds is 38. The van der Waals surface area contributed by atoms with Crippen molar-refractivity contribution in [2.45, 2.75) is 97.3 Å². The maximum atomic E-state index is 11.2. The van der Waals surface area contributed by atoms with Crippen LogP contribution in [0, 0.1) is 0 Å². The van der Waals surface area contributed by atoms with Gasteiger partial charge in [-0.3, -0.25) is 4.79 Å². The van der Waals surface area contributed by atoms with Crippen molar-refractivity contribution in [1.82, 2.24) is 0 Å². The fourth-order valence-electron chi connectivity index (χ4n) is 4.00. The minimum absolute atomic E-state index is 0.181. The highest BCUT2D eigenvalue weighted by molar-refractivity contribution is 5.69. The van der Waals surface area contributed by atoms with Crippen LogP contribution in [0.25, 0.3) is 0 Å². The van der Waals surface area contributed by atoms with Gasteiger partial charge in [-0.05, 0) is 12.8 Å². The fraction of sp³-hybridized carbons (Fsp3) is 0.970. The molecule has 0 N–H and O–H groups in total. The summed E-state index contributed by atoms with van der Waals surface area (Å²) in [5.41, 5.74) is 0. The first-order chi connectivity index (χ1) is 21.3. The SMILES string of the molecule is CCCCCCCCCCCCCOCCOCCOCCOCCOCCOCCOCCOCCOC(=O)CCC. The van der Waals surface area contributed by atoms with E-state index in [1.54, 1.807) is 0 Å². The molecule has 0 aromatic rings. The molecule has 10 heteroatoms. The molecular formula is C33H66O10. The second-order valence-electron chi connectivity index (χ2n) is 10.4.